The molecule has 2 N–H and O–H groups in total. The Bertz CT molecular complexity index is 1010. The number of hydrogen-bond donors (Lipinski definition) is 2. The number of aliphatic hydroxyl groups excluding tert-OH is 1. The van der Waals surface area contributed by atoms with Gasteiger partial charge in [0, 0.05) is 6.42 Å². The van der Waals surface area contributed by atoms with Crippen molar-refractivity contribution in [2.45, 2.75) is 187 Å². The summed E-state index contributed by atoms with van der Waals surface area (Å²) in [7, 11) is 1.22. The number of phosphoric acid groups is 1. The molecule has 0 aliphatic carbocycles. The molecule has 0 aromatic heterocycles. The quantitative estimate of drug-likeness (QED) is 0.0280. The van der Waals surface area contributed by atoms with Crippen molar-refractivity contribution >= 4 is 13.7 Å². The smallest absolute Gasteiger partial charge is 0.268 e. The molecule has 1 amide bonds. The topological polar surface area (TPSA) is 108 Å². The molecule has 0 rings (SSSR count). The van der Waals surface area contributed by atoms with E-state index in [4.69, 9.17) is 9.05 Å². The van der Waals surface area contributed by atoms with Crippen molar-refractivity contribution < 1.29 is 32.9 Å². The van der Waals surface area contributed by atoms with Crippen LogP contribution in [0.2, 0.25) is 0 Å². The molecule has 0 saturated carbocycles. The number of amides is 1. The van der Waals surface area contributed by atoms with Gasteiger partial charge in [-0.05, 0) is 70.6 Å². The number of carbonyl (C=O) groups excluding carboxylic acids is 1. The van der Waals surface area contributed by atoms with E-state index in [0.717, 1.165) is 64.2 Å². The van der Waals surface area contributed by atoms with Gasteiger partial charge in [-0.15, -0.1) is 0 Å². The molecule has 8 nitrogen and oxygen atoms in total. The van der Waals surface area contributed by atoms with E-state index in [1.165, 1.54) is 89.9 Å². The van der Waals surface area contributed by atoms with Crippen LogP contribution in [-0.4, -0.2) is 68.5 Å². The van der Waals surface area contributed by atoms with Crippen LogP contribution in [0.4, 0.5) is 0 Å². The van der Waals surface area contributed by atoms with Gasteiger partial charge in [0.05, 0.1) is 39.9 Å². The van der Waals surface area contributed by atoms with E-state index in [1.54, 1.807) is 6.08 Å². The van der Waals surface area contributed by atoms with Gasteiger partial charge in [-0.3, -0.25) is 9.36 Å². The van der Waals surface area contributed by atoms with Crippen LogP contribution >= 0.6 is 7.82 Å². The summed E-state index contributed by atoms with van der Waals surface area (Å²) in [5.74, 6) is -0.224. The number of carbonyl (C=O) groups is 1. The lowest BCUT2D eigenvalue weighted by Gasteiger charge is -2.29. The number of nitrogens with zero attached hydrogens (tertiary/aromatic N) is 1. The number of aliphatic hydroxyl groups is 1. The lowest BCUT2D eigenvalue weighted by molar-refractivity contribution is -0.870. The Morgan fingerprint density at radius 2 is 1.06 bits per heavy atom. The molecule has 9 heteroatoms. The Morgan fingerprint density at radius 3 is 1.57 bits per heavy atom. The average Bonchev–Trinajstić information content (AvgIpc) is 3.10. The summed E-state index contributed by atoms with van der Waals surface area (Å²) in [5, 5.41) is 13.7. The van der Waals surface area contributed by atoms with Gasteiger partial charge in [-0.1, -0.05) is 146 Å². The molecule has 3 unspecified atom stereocenters. The van der Waals surface area contributed by atoms with Crippen molar-refractivity contribution in [3.05, 3.63) is 48.6 Å². The van der Waals surface area contributed by atoms with Gasteiger partial charge in [-0.2, -0.15) is 0 Å². The van der Waals surface area contributed by atoms with Crippen LogP contribution in [0, 0.1) is 0 Å². The van der Waals surface area contributed by atoms with Crippen molar-refractivity contribution in [1.82, 2.24) is 5.32 Å². The van der Waals surface area contributed by atoms with Crippen LogP contribution in [0.1, 0.15) is 174 Å². The van der Waals surface area contributed by atoms with Crippen LogP contribution in [0.15, 0.2) is 48.6 Å². The van der Waals surface area contributed by atoms with Gasteiger partial charge in [0.1, 0.15) is 13.2 Å². The highest BCUT2D eigenvalue weighted by atomic mass is 31.2. The Balaban J connectivity index is 4.54. The number of rotatable bonds is 38. The number of unbranched alkanes of at least 4 members (excludes halogenated alkanes) is 19. The SMILES string of the molecule is CCCCC/C=C\CCCCCCCC(=O)NC(COP(=O)([O-])OCC[N+](C)(C)C)C(O)/C=C/CC/C=C/CC/C=C/CCCCCCCCCCC. The monoisotopic (exact) mass is 767 g/mol. The van der Waals surface area contributed by atoms with Crippen molar-refractivity contribution in [3.8, 4) is 0 Å². The number of allylic oxidation sites excluding steroid dienone is 7. The van der Waals surface area contributed by atoms with Crippen molar-refractivity contribution in [1.29, 1.82) is 0 Å². The average molecular weight is 767 g/mol. The third kappa shape index (κ3) is 38.5. The van der Waals surface area contributed by atoms with Gasteiger partial charge in [0.15, 0.2) is 0 Å². The van der Waals surface area contributed by atoms with Crippen LogP contribution in [0.25, 0.3) is 0 Å². The Kier molecular flexibility index (Phi) is 35.1. The van der Waals surface area contributed by atoms with Gasteiger partial charge in [0.2, 0.25) is 5.91 Å². The van der Waals surface area contributed by atoms with E-state index in [2.05, 4.69) is 55.6 Å². The van der Waals surface area contributed by atoms with Crippen LogP contribution in [0.3, 0.4) is 0 Å². The summed E-state index contributed by atoms with van der Waals surface area (Å²) in [4.78, 5) is 25.2. The van der Waals surface area contributed by atoms with Crippen molar-refractivity contribution in [2.24, 2.45) is 0 Å². The number of hydrogen-bond acceptors (Lipinski definition) is 6. The molecular formula is C44H83N2O6P. The Hall–Kier alpha value is -1.54. The van der Waals surface area contributed by atoms with E-state index < -0.39 is 26.6 Å². The second-order valence-electron chi connectivity index (χ2n) is 15.7. The zero-order chi connectivity index (χ0) is 39.3. The van der Waals surface area contributed by atoms with Crippen LogP contribution in [0.5, 0.6) is 0 Å². The Labute approximate surface area is 327 Å². The van der Waals surface area contributed by atoms with E-state index in [-0.39, 0.29) is 12.5 Å². The van der Waals surface area contributed by atoms with E-state index >= 15 is 0 Å². The highest BCUT2D eigenvalue weighted by Gasteiger charge is 2.23. The van der Waals surface area contributed by atoms with Crippen molar-refractivity contribution in [3.63, 3.8) is 0 Å². The zero-order valence-electron chi connectivity index (χ0n) is 35.0. The minimum absolute atomic E-state index is 0.0117. The van der Waals surface area contributed by atoms with E-state index in [1.807, 2.05) is 27.2 Å². The molecule has 0 saturated heterocycles. The summed E-state index contributed by atoms with van der Waals surface area (Å²) in [6.07, 6.45) is 44.5. The first kappa shape index (κ1) is 51.5. The summed E-state index contributed by atoms with van der Waals surface area (Å²) < 4.78 is 23.1. The molecule has 0 bridgehead atoms. The third-order valence-electron chi connectivity index (χ3n) is 9.24. The van der Waals surface area contributed by atoms with Gasteiger partial charge >= 0.3 is 0 Å². The largest absolute Gasteiger partial charge is 0.756 e. The predicted octanol–water partition coefficient (Wildman–Crippen LogP) is 11.1. The third-order valence-corrected chi connectivity index (χ3v) is 10.2. The molecule has 0 spiro atoms. The first-order chi connectivity index (χ1) is 25.5. The van der Waals surface area contributed by atoms with Crippen LogP contribution < -0.4 is 10.2 Å². The highest BCUT2D eigenvalue weighted by molar-refractivity contribution is 7.45. The molecule has 0 aromatic rings. The molecule has 310 valence electrons. The van der Waals surface area contributed by atoms with Gasteiger partial charge < -0.3 is 28.8 Å². The fourth-order valence-corrected chi connectivity index (χ4v) is 6.49. The normalized spacial score (nSPS) is 14.9. The Morgan fingerprint density at radius 1 is 0.642 bits per heavy atom. The minimum atomic E-state index is -4.60. The van der Waals surface area contributed by atoms with Crippen LogP contribution in [-0.2, 0) is 18.4 Å². The molecule has 0 heterocycles. The number of phosphoric ester groups is 1. The lowest BCUT2D eigenvalue weighted by Crippen LogP contribution is -2.45. The molecule has 53 heavy (non-hydrogen) atoms. The highest BCUT2D eigenvalue weighted by Crippen LogP contribution is 2.38. The molecule has 0 aliphatic heterocycles. The maximum Gasteiger partial charge on any atom is 0.268 e. The first-order valence-electron chi connectivity index (χ1n) is 21.5. The summed E-state index contributed by atoms with van der Waals surface area (Å²) in [6, 6.07) is -0.912. The fourth-order valence-electron chi connectivity index (χ4n) is 5.76. The molecule has 3 atom stereocenters. The molecule has 0 radical (unpaired) electrons. The molecular weight excluding hydrogens is 683 g/mol. The maximum absolute atomic E-state index is 12.8. The van der Waals surface area contributed by atoms with Crippen molar-refractivity contribution in [2.75, 3.05) is 40.9 Å². The minimum Gasteiger partial charge on any atom is -0.756 e. The molecule has 0 aromatic carbocycles. The van der Waals surface area contributed by atoms with E-state index in [0.29, 0.717) is 17.4 Å². The number of nitrogens with one attached hydrogen (secondary N) is 1. The second-order valence-corrected chi connectivity index (χ2v) is 17.1. The van der Waals surface area contributed by atoms with E-state index in [9.17, 15) is 19.4 Å². The summed E-state index contributed by atoms with van der Waals surface area (Å²) in [5.41, 5.74) is 0. The standard InChI is InChI=1S/C44H83N2O6P/c1-6-8-10-12-14-16-18-20-21-22-23-24-25-26-27-29-31-33-35-37-43(47)42(41-52-53(49,50)51-40-39-46(3,4)5)45-44(48)38-36-34-32-30-28-19-17-15-13-11-9-7-2/h15,17,23-24,27,29,35,37,42-43,47H,6-14,16,18-22,25-26,28,30-34,36,38-41H2,1-5H3,(H-,45,48,49,50)/b17-15-,24-23+,29-27+,37-35+. The summed E-state index contributed by atoms with van der Waals surface area (Å²) >= 11 is 0. The number of likely N-dealkylation sites (N-methyl/N-ethyl adjacent to an activating group) is 1. The lowest BCUT2D eigenvalue weighted by atomic mass is 10.1. The first-order valence-corrected chi connectivity index (χ1v) is 23.0. The maximum atomic E-state index is 12.8. The van der Waals surface area contributed by atoms with Gasteiger partial charge in [0.25, 0.3) is 7.82 Å². The fraction of sp³-hybridized carbons (Fsp3) is 0.795. The zero-order valence-corrected chi connectivity index (χ0v) is 35.8. The summed E-state index contributed by atoms with van der Waals surface area (Å²) in [6.45, 7) is 4.56. The molecule has 0 fully saturated rings. The number of quaternary nitrogens is 1. The molecule has 0 aliphatic rings. The second kappa shape index (κ2) is 36.1. The predicted molar refractivity (Wildman–Crippen MR) is 224 cm³/mol. The van der Waals surface area contributed by atoms with Gasteiger partial charge in [-0.25, -0.2) is 0 Å².